The van der Waals surface area contributed by atoms with Crippen LogP contribution in [0.3, 0.4) is 0 Å². The number of nitrogens with one attached hydrogen (secondary N) is 1. The number of hydrazone groups is 1. The number of halogens is 1. The van der Waals surface area contributed by atoms with Crippen LogP contribution in [0.15, 0.2) is 59.1 Å². The van der Waals surface area contributed by atoms with Gasteiger partial charge in [-0.25, -0.2) is 9.37 Å². The van der Waals surface area contributed by atoms with Crippen LogP contribution in [0.2, 0.25) is 0 Å². The van der Waals surface area contributed by atoms with E-state index in [4.69, 9.17) is 9.47 Å². The lowest BCUT2D eigenvalue weighted by Gasteiger charge is -2.13. The molecule has 1 N–H and O–H groups in total. The standard InChI is InChI=1S/C18H16FN3O2S/c1-23-16-8-4-6-13(11-21-22-18-20-9-10-25-18)17(16)24-12-14-5-2-3-7-15(14)19/h2-11H,12H2,1H3,(H,20,22)/b21-11+. The predicted octanol–water partition coefficient (Wildman–Crippen LogP) is 4.32. The SMILES string of the molecule is COc1cccc(/C=N/Nc2nccs2)c1OCc1ccccc1F. The zero-order chi connectivity index (χ0) is 17.5. The molecular formula is C18H16FN3O2S. The molecule has 0 aliphatic carbocycles. The number of rotatable bonds is 7. The first-order valence-corrected chi connectivity index (χ1v) is 8.37. The Hall–Kier alpha value is -2.93. The maximum absolute atomic E-state index is 13.8. The van der Waals surface area contributed by atoms with Crippen LogP contribution >= 0.6 is 11.3 Å². The summed E-state index contributed by atoms with van der Waals surface area (Å²) in [6.45, 7) is 0.0911. The number of ether oxygens (including phenoxy) is 2. The molecule has 0 unspecified atom stereocenters. The molecule has 0 fully saturated rings. The number of nitrogens with zero attached hydrogens (tertiary/aromatic N) is 2. The van der Waals surface area contributed by atoms with E-state index in [1.807, 2.05) is 17.5 Å². The topological polar surface area (TPSA) is 55.7 Å². The van der Waals surface area contributed by atoms with Crippen molar-refractivity contribution >= 4 is 22.7 Å². The van der Waals surface area contributed by atoms with Crippen LogP contribution in [-0.2, 0) is 6.61 Å². The number of thiazole rings is 1. The van der Waals surface area contributed by atoms with Gasteiger partial charge in [-0.2, -0.15) is 5.10 Å². The van der Waals surface area contributed by atoms with Crippen LogP contribution in [0, 0.1) is 5.82 Å². The number of hydrogen-bond acceptors (Lipinski definition) is 6. The maximum Gasteiger partial charge on any atom is 0.203 e. The summed E-state index contributed by atoms with van der Waals surface area (Å²) in [6.07, 6.45) is 3.30. The molecule has 7 heteroatoms. The van der Waals surface area contributed by atoms with E-state index in [0.717, 1.165) is 0 Å². The summed E-state index contributed by atoms with van der Waals surface area (Å²) in [5.74, 6) is 0.741. The Balaban J connectivity index is 1.78. The smallest absolute Gasteiger partial charge is 0.203 e. The van der Waals surface area contributed by atoms with Crippen LogP contribution in [0.25, 0.3) is 0 Å². The zero-order valence-electron chi connectivity index (χ0n) is 13.5. The highest BCUT2D eigenvalue weighted by Crippen LogP contribution is 2.31. The second-order valence-electron chi connectivity index (χ2n) is 4.97. The third-order valence-electron chi connectivity index (χ3n) is 3.36. The summed E-state index contributed by atoms with van der Waals surface area (Å²) in [7, 11) is 1.56. The summed E-state index contributed by atoms with van der Waals surface area (Å²) in [5, 5.41) is 6.70. The van der Waals surface area contributed by atoms with Crippen molar-refractivity contribution in [2.24, 2.45) is 5.10 Å². The second kappa shape index (κ2) is 8.25. The molecule has 2 aromatic carbocycles. The number of hydrogen-bond donors (Lipinski definition) is 1. The molecule has 25 heavy (non-hydrogen) atoms. The Bertz CT molecular complexity index is 853. The minimum absolute atomic E-state index is 0.0911. The predicted molar refractivity (Wildman–Crippen MR) is 97.1 cm³/mol. The first-order chi connectivity index (χ1) is 12.3. The summed E-state index contributed by atoms with van der Waals surface area (Å²) < 4.78 is 24.9. The Morgan fingerprint density at radius 1 is 1.24 bits per heavy atom. The lowest BCUT2D eigenvalue weighted by molar-refractivity contribution is 0.279. The Morgan fingerprint density at radius 3 is 2.88 bits per heavy atom. The van der Waals surface area contributed by atoms with Crippen LogP contribution in [0.1, 0.15) is 11.1 Å². The fourth-order valence-electron chi connectivity index (χ4n) is 2.15. The van der Waals surface area contributed by atoms with Gasteiger partial charge in [0.1, 0.15) is 12.4 Å². The molecule has 3 rings (SSSR count). The molecule has 0 radical (unpaired) electrons. The highest BCUT2D eigenvalue weighted by atomic mass is 32.1. The van der Waals surface area contributed by atoms with Gasteiger partial charge in [0.05, 0.1) is 13.3 Å². The van der Waals surface area contributed by atoms with Crippen LogP contribution in [0.4, 0.5) is 9.52 Å². The molecule has 0 aliphatic rings. The average molecular weight is 357 g/mol. The normalized spacial score (nSPS) is 10.8. The van der Waals surface area contributed by atoms with E-state index in [-0.39, 0.29) is 12.4 Å². The molecule has 5 nitrogen and oxygen atoms in total. The molecule has 1 aromatic heterocycles. The van der Waals surface area contributed by atoms with Crippen molar-refractivity contribution in [2.75, 3.05) is 12.5 Å². The molecule has 0 aliphatic heterocycles. The van der Waals surface area contributed by atoms with E-state index in [1.165, 1.54) is 17.4 Å². The molecule has 3 aromatic rings. The van der Waals surface area contributed by atoms with Crippen molar-refractivity contribution < 1.29 is 13.9 Å². The zero-order valence-corrected chi connectivity index (χ0v) is 14.3. The summed E-state index contributed by atoms with van der Waals surface area (Å²) in [4.78, 5) is 4.09. The third-order valence-corrected chi connectivity index (χ3v) is 4.03. The first kappa shape index (κ1) is 16.9. The first-order valence-electron chi connectivity index (χ1n) is 7.49. The summed E-state index contributed by atoms with van der Waals surface area (Å²) >= 11 is 1.45. The number of para-hydroxylation sites is 1. The van der Waals surface area contributed by atoms with Gasteiger partial charge in [0.2, 0.25) is 5.13 Å². The van der Waals surface area contributed by atoms with Gasteiger partial charge in [-0.1, -0.05) is 24.3 Å². The number of benzene rings is 2. The second-order valence-corrected chi connectivity index (χ2v) is 5.86. The van der Waals surface area contributed by atoms with E-state index >= 15 is 0 Å². The van der Waals surface area contributed by atoms with Crippen molar-refractivity contribution in [2.45, 2.75) is 6.61 Å². The van der Waals surface area contributed by atoms with Crippen molar-refractivity contribution in [1.29, 1.82) is 0 Å². The minimum Gasteiger partial charge on any atom is -0.493 e. The lowest BCUT2D eigenvalue weighted by Crippen LogP contribution is -2.03. The molecule has 0 amide bonds. The van der Waals surface area contributed by atoms with Gasteiger partial charge < -0.3 is 9.47 Å². The van der Waals surface area contributed by atoms with Crippen LogP contribution < -0.4 is 14.9 Å². The van der Waals surface area contributed by atoms with E-state index in [9.17, 15) is 4.39 Å². The van der Waals surface area contributed by atoms with Crippen LogP contribution in [-0.4, -0.2) is 18.3 Å². The van der Waals surface area contributed by atoms with E-state index in [0.29, 0.717) is 27.8 Å². The minimum atomic E-state index is -0.307. The van der Waals surface area contributed by atoms with Crippen molar-refractivity contribution in [1.82, 2.24) is 4.98 Å². The van der Waals surface area contributed by atoms with Gasteiger partial charge in [0.25, 0.3) is 0 Å². The van der Waals surface area contributed by atoms with Gasteiger partial charge in [-0.05, 0) is 18.2 Å². The van der Waals surface area contributed by atoms with Gasteiger partial charge in [0, 0.05) is 22.7 Å². The number of aromatic nitrogens is 1. The van der Waals surface area contributed by atoms with E-state index in [1.54, 1.807) is 43.8 Å². The average Bonchev–Trinajstić information content (AvgIpc) is 3.15. The molecule has 0 spiro atoms. The molecule has 128 valence electrons. The van der Waals surface area contributed by atoms with Crippen molar-refractivity contribution in [3.05, 3.63) is 71.0 Å². The van der Waals surface area contributed by atoms with Gasteiger partial charge in [0.15, 0.2) is 11.5 Å². The molecular weight excluding hydrogens is 341 g/mol. The van der Waals surface area contributed by atoms with Gasteiger partial charge in [-0.15, -0.1) is 11.3 Å². The largest absolute Gasteiger partial charge is 0.493 e. The molecule has 0 saturated heterocycles. The van der Waals surface area contributed by atoms with Gasteiger partial charge in [-0.3, -0.25) is 5.43 Å². The quantitative estimate of drug-likeness (QED) is 0.505. The molecule has 1 heterocycles. The molecule has 0 atom stereocenters. The lowest BCUT2D eigenvalue weighted by atomic mass is 10.2. The van der Waals surface area contributed by atoms with Crippen LogP contribution in [0.5, 0.6) is 11.5 Å². The number of methoxy groups -OCH3 is 1. The third kappa shape index (κ3) is 4.33. The molecule has 0 bridgehead atoms. The summed E-state index contributed by atoms with van der Waals surface area (Å²) in [6, 6.07) is 12.0. The fourth-order valence-corrected chi connectivity index (χ4v) is 2.63. The summed E-state index contributed by atoms with van der Waals surface area (Å²) in [5.41, 5.74) is 4.02. The van der Waals surface area contributed by atoms with E-state index < -0.39 is 0 Å². The Labute approximate surface area is 148 Å². The monoisotopic (exact) mass is 357 g/mol. The molecule has 0 saturated carbocycles. The van der Waals surface area contributed by atoms with Crippen molar-refractivity contribution in [3.8, 4) is 11.5 Å². The maximum atomic E-state index is 13.8. The Kier molecular flexibility index (Phi) is 5.58. The van der Waals surface area contributed by atoms with Gasteiger partial charge >= 0.3 is 0 Å². The number of anilines is 1. The van der Waals surface area contributed by atoms with E-state index in [2.05, 4.69) is 15.5 Å². The highest BCUT2D eigenvalue weighted by molar-refractivity contribution is 7.13. The fraction of sp³-hybridized carbons (Fsp3) is 0.111. The van der Waals surface area contributed by atoms with Crippen molar-refractivity contribution in [3.63, 3.8) is 0 Å². The highest BCUT2D eigenvalue weighted by Gasteiger charge is 2.11. The Morgan fingerprint density at radius 2 is 2.12 bits per heavy atom.